The molecule has 0 fully saturated rings. The summed E-state index contributed by atoms with van der Waals surface area (Å²) in [4.78, 5) is 4.37. The van der Waals surface area contributed by atoms with E-state index in [9.17, 15) is 0 Å². The fourth-order valence-corrected chi connectivity index (χ4v) is 3.41. The number of benzene rings is 2. The van der Waals surface area contributed by atoms with Crippen LogP contribution in [-0.4, -0.2) is 19.6 Å². The van der Waals surface area contributed by atoms with Crippen molar-refractivity contribution in [2.75, 3.05) is 13.7 Å². The van der Waals surface area contributed by atoms with Gasteiger partial charge in [0.1, 0.15) is 17.1 Å². The number of nitrogens with zero attached hydrogens (tertiary/aromatic N) is 1. The molecule has 5 nitrogen and oxygen atoms in total. The van der Waals surface area contributed by atoms with Crippen LogP contribution in [0.15, 0.2) is 57.9 Å². The Morgan fingerprint density at radius 1 is 1.15 bits per heavy atom. The third kappa shape index (κ3) is 4.05. The van der Waals surface area contributed by atoms with Crippen LogP contribution >= 0.6 is 24.0 Å². The molecular formula is C21H24IN3O2. The highest BCUT2D eigenvalue weighted by Crippen LogP contribution is 2.31. The van der Waals surface area contributed by atoms with E-state index >= 15 is 0 Å². The van der Waals surface area contributed by atoms with Gasteiger partial charge < -0.3 is 19.8 Å². The maximum atomic E-state index is 5.97. The molecule has 27 heavy (non-hydrogen) atoms. The van der Waals surface area contributed by atoms with Crippen molar-refractivity contribution in [3.05, 3.63) is 65.4 Å². The van der Waals surface area contributed by atoms with Crippen molar-refractivity contribution < 1.29 is 9.15 Å². The van der Waals surface area contributed by atoms with Gasteiger partial charge in [0.25, 0.3) is 0 Å². The zero-order valence-electron chi connectivity index (χ0n) is 15.5. The first-order chi connectivity index (χ1) is 12.8. The molecule has 2 aromatic carbocycles. The lowest BCUT2D eigenvalue weighted by atomic mass is 10.0. The Bertz CT molecular complexity index is 952. The van der Waals surface area contributed by atoms with Gasteiger partial charge in [-0.2, -0.15) is 0 Å². The Morgan fingerprint density at radius 2 is 1.93 bits per heavy atom. The highest BCUT2D eigenvalue weighted by Gasteiger charge is 2.22. The second-order valence-electron chi connectivity index (χ2n) is 6.44. The van der Waals surface area contributed by atoms with Crippen LogP contribution in [0.25, 0.3) is 11.0 Å². The fraction of sp³-hybridized carbons (Fsp3) is 0.286. The van der Waals surface area contributed by atoms with E-state index in [1.54, 1.807) is 7.05 Å². The monoisotopic (exact) mass is 477 g/mol. The molecule has 3 aromatic rings. The zero-order valence-corrected chi connectivity index (χ0v) is 17.8. The first-order valence-electron chi connectivity index (χ1n) is 8.92. The number of nitrogens with one attached hydrogen (secondary N) is 2. The molecule has 1 atom stereocenters. The molecule has 1 aromatic heterocycles. The predicted molar refractivity (Wildman–Crippen MR) is 119 cm³/mol. The molecule has 0 saturated heterocycles. The van der Waals surface area contributed by atoms with Crippen LogP contribution in [0.3, 0.4) is 0 Å². The molecule has 1 aliphatic rings. The molecule has 142 valence electrons. The number of ether oxygens (including phenoxy) is 1. The van der Waals surface area contributed by atoms with Crippen LogP contribution in [0.1, 0.15) is 29.3 Å². The average Bonchev–Trinajstić information content (AvgIpc) is 3.01. The molecule has 0 bridgehead atoms. The van der Waals surface area contributed by atoms with Gasteiger partial charge in [-0.25, -0.2) is 0 Å². The smallest absolute Gasteiger partial charge is 0.191 e. The minimum Gasteiger partial charge on any atom is -0.493 e. The number of aryl methyl sites for hydroxylation is 1. The summed E-state index contributed by atoms with van der Waals surface area (Å²) in [6.07, 6.45) is 0.904. The van der Waals surface area contributed by atoms with Gasteiger partial charge in [-0.15, -0.1) is 24.0 Å². The molecular weight excluding hydrogens is 453 g/mol. The number of para-hydroxylation sites is 2. The highest BCUT2D eigenvalue weighted by molar-refractivity contribution is 14.0. The quantitative estimate of drug-likeness (QED) is 0.330. The van der Waals surface area contributed by atoms with Crippen molar-refractivity contribution in [3.8, 4) is 5.75 Å². The van der Waals surface area contributed by atoms with Crippen molar-refractivity contribution >= 4 is 40.9 Å². The normalized spacial score (nSPS) is 16.2. The number of hydrogen-bond acceptors (Lipinski definition) is 3. The van der Waals surface area contributed by atoms with Gasteiger partial charge in [0, 0.05) is 30.0 Å². The van der Waals surface area contributed by atoms with Crippen LogP contribution in [0.4, 0.5) is 0 Å². The maximum Gasteiger partial charge on any atom is 0.191 e. The third-order valence-electron chi connectivity index (χ3n) is 4.85. The number of furan rings is 1. The van der Waals surface area contributed by atoms with E-state index in [4.69, 9.17) is 9.15 Å². The maximum absolute atomic E-state index is 5.97. The molecule has 1 aliphatic heterocycles. The lowest BCUT2D eigenvalue weighted by Gasteiger charge is -2.28. The predicted octanol–water partition coefficient (Wildman–Crippen LogP) is 4.55. The molecule has 0 radical (unpaired) electrons. The summed E-state index contributed by atoms with van der Waals surface area (Å²) in [6, 6.07) is 16.4. The molecule has 2 heterocycles. The molecule has 0 amide bonds. The van der Waals surface area contributed by atoms with E-state index in [1.165, 1.54) is 11.1 Å². The van der Waals surface area contributed by atoms with Crippen LogP contribution in [-0.2, 0) is 6.54 Å². The van der Waals surface area contributed by atoms with Crippen molar-refractivity contribution in [1.29, 1.82) is 0 Å². The summed E-state index contributed by atoms with van der Waals surface area (Å²) < 4.78 is 11.7. The lowest BCUT2D eigenvalue weighted by Crippen LogP contribution is -2.40. The van der Waals surface area contributed by atoms with Gasteiger partial charge in [0.15, 0.2) is 5.96 Å². The number of aliphatic imine (C=N–C) groups is 1. The Morgan fingerprint density at radius 3 is 2.74 bits per heavy atom. The summed E-state index contributed by atoms with van der Waals surface area (Å²) in [7, 11) is 1.78. The summed E-state index contributed by atoms with van der Waals surface area (Å²) >= 11 is 0. The van der Waals surface area contributed by atoms with Gasteiger partial charge in [-0.3, -0.25) is 4.99 Å². The number of rotatable bonds is 3. The second-order valence-corrected chi connectivity index (χ2v) is 6.44. The molecule has 0 aliphatic carbocycles. The first-order valence-corrected chi connectivity index (χ1v) is 8.92. The molecule has 6 heteroatoms. The van der Waals surface area contributed by atoms with Crippen LogP contribution in [0, 0.1) is 6.92 Å². The summed E-state index contributed by atoms with van der Waals surface area (Å²) in [6.45, 7) is 3.38. The Balaban J connectivity index is 0.00000210. The number of guanidine groups is 1. The van der Waals surface area contributed by atoms with E-state index in [-0.39, 0.29) is 30.0 Å². The van der Waals surface area contributed by atoms with Crippen molar-refractivity contribution in [2.24, 2.45) is 4.99 Å². The molecule has 1 unspecified atom stereocenters. The van der Waals surface area contributed by atoms with E-state index in [2.05, 4.69) is 34.7 Å². The molecule has 4 rings (SSSR count). The molecule has 0 spiro atoms. The van der Waals surface area contributed by atoms with E-state index in [0.29, 0.717) is 13.2 Å². The summed E-state index contributed by atoms with van der Waals surface area (Å²) in [5, 5.41) is 8.03. The molecule has 2 N–H and O–H groups in total. The molecule has 0 saturated carbocycles. The van der Waals surface area contributed by atoms with E-state index in [0.717, 1.165) is 34.9 Å². The number of hydrogen-bond donors (Lipinski definition) is 2. The highest BCUT2D eigenvalue weighted by atomic mass is 127. The van der Waals surface area contributed by atoms with Crippen molar-refractivity contribution in [3.63, 3.8) is 0 Å². The fourth-order valence-electron chi connectivity index (χ4n) is 3.41. The Hall–Kier alpha value is -2.22. The number of fused-ring (bicyclic) bond motifs is 2. The lowest BCUT2D eigenvalue weighted by molar-refractivity contribution is 0.261. The minimum atomic E-state index is 0. The van der Waals surface area contributed by atoms with Gasteiger partial charge in [0.2, 0.25) is 0 Å². The summed E-state index contributed by atoms with van der Waals surface area (Å²) in [5.41, 5.74) is 3.25. The van der Waals surface area contributed by atoms with Crippen LogP contribution < -0.4 is 15.4 Å². The SMILES string of the molecule is CN=C(NCc1oc2ccccc2c1C)NC1CCOc2ccccc21.I. The Kier molecular flexibility index (Phi) is 6.26. The van der Waals surface area contributed by atoms with E-state index in [1.807, 2.05) is 36.4 Å². The van der Waals surface area contributed by atoms with Gasteiger partial charge in [-0.05, 0) is 19.1 Å². The van der Waals surface area contributed by atoms with Gasteiger partial charge in [0.05, 0.1) is 19.2 Å². The van der Waals surface area contributed by atoms with Crippen molar-refractivity contribution in [1.82, 2.24) is 10.6 Å². The third-order valence-corrected chi connectivity index (χ3v) is 4.85. The first kappa shape index (κ1) is 19.5. The number of halogens is 1. The second kappa shape index (κ2) is 8.65. The Labute approximate surface area is 176 Å². The topological polar surface area (TPSA) is 58.8 Å². The van der Waals surface area contributed by atoms with Gasteiger partial charge >= 0.3 is 0 Å². The van der Waals surface area contributed by atoms with E-state index < -0.39 is 0 Å². The van der Waals surface area contributed by atoms with Crippen molar-refractivity contribution in [2.45, 2.75) is 25.9 Å². The zero-order chi connectivity index (χ0) is 17.9. The summed E-state index contributed by atoms with van der Waals surface area (Å²) in [5.74, 6) is 2.63. The largest absolute Gasteiger partial charge is 0.493 e. The minimum absolute atomic E-state index is 0. The van der Waals surface area contributed by atoms with Crippen LogP contribution in [0.5, 0.6) is 5.75 Å². The average molecular weight is 477 g/mol. The standard InChI is InChI=1S/C21H23N3O2.HI/c1-14-15-7-3-6-10-19(15)26-20(14)13-23-21(22-2)24-17-11-12-25-18-9-5-4-8-16(17)18;/h3-10,17H,11-13H2,1-2H3,(H2,22,23,24);1H. The van der Waals surface area contributed by atoms with Crippen LogP contribution in [0.2, 0.25) is 0 Å². The van der Waals surface area contributed by atoms with Gasteiger partial charge in [-0.1, -0.05) is 36.4 Å².